The van der Waals surface area contributed by atoms with Crippen LogP contribution >= 0.6 is 15.9 Å². The Kier molecular flexibility index (Phi) is 4.68. The van der Waals surface area contributed by atoms with E-state index in [9.17, 15) is 0 Å². The number of piperazine rings is 1. The molecule has 3 nitrogen and oxygen atoms in total. The van der Waals surface area contributed by atoms with Gasteiger partial charge in [-0.25, -0.2) is 0 Å². The fraction of sp³-hybridized carbons (Fsp3) is 0.353. The molecule has 21 heavy (non-hydrogen) atoms. The van der Waals surface area contributed by atoms with Gasteiger partial charge in [-0.1, -0.05) is 34.1 Å². The van der Waals surface area contributed by atoms with Gasteiger partial charge in [0.05, 0.1) is 11.7 Å². The number of pyridine rings is 1. The molecule has 1 aromatic carbocycles. The summed E-state index contributed by atoms with van der Waals surface area (Å²) < 4.78 is 1.11. The van der Waals surface area contributed by atoms with Gasteiger partial charge >= 0.3 is 0 Å². The zero-order chi connectivity index (χ0) is 14.7. The predicted molar refractivity (Wildman–Crippen MR) is 89.4 cm³/mol. The van der Waals surface area contributed by atoms with Crippen molar-refractivity contribution in [1.82, 2.24) is 15.2 Å². The van der Waals surface area contributed by atoms with Crippen LogP contribution in [0.2, 0.25) is 0 Å². The number of nitrogens with zero attached hydrogens (tertiary/aromatic N) is 2. The third-order valence-corrected chi connectivity index (χ3v) is 4.54. The molecule has 0 aliphatic carbocycles. The lowest BCUT2D eigenvalue weighted by molar-refractivity contribution is 0.195. The molecule has 1 atom stereocenters. The van der Waals surface area contributed by atoms with Crippen molar-refractivity contribution in [2.45, 2.75) is 13.0 Å². The standard InChI is InChI=1S/C17H20BrN3/c1-13-3-2-8-20-16(13)17(21-11-9-19-10-12-21)14-4-6-15(18)7-5-14/h2-8,17,19H,9-12H2,1H3. The Morgan fingerprint density at radius 3 is 2.52 bits per heavy atom. The van der Waals surface area contributed by atoms with Crippen LogP contribution in [-0.4, -0.2) is 36.1 Å². The van der Waals surface area contributed by atoms with Crippen LogP contribution in [0.4, 0.5) is 0 Å². The summed E-state index contributed by atoms with van der Waals surface area (Å²) in [6.07, 6.45) is 1.90. The maximum Gasteiger partial charge on any atom is 0.0780 e. The summed E-state index contributed by atoms with van der Waals surface area (Å²) in [5.41, 5.74) is 3.73. The van der Waals surface area contributed by atoms with Gasteiger partial charge in [-0.05, 0) is 36.2 Å². The van der Waals surface area contributed by atoms with E-state index in [1.807, 2.05) is 12.3 Å². The quantitative estimate of drug-likeness (QED) is 0.926. The van der Waals surface area contributed by atoms with Crippen LogP contribution < -0.4 is 5.32 Å². The Hall–Kier alpha value is -1.23. The van der Waals surface area contributed by atoms with Crippen molar-refractivity contribution in [2.24, 2.45) is 0 Å². The number of aryl methyl sites for hydroxylation is 1. The van der Waals surface area contributed by atoms with Crippen molar-refractivity contribution in [3.8, 4) is 0 Å². The van der Waals surface area contributed by atoms with Gasteiger partial charge in [0.2, 0.25) is 0 Å². The topological polar surface area (TPSA) is 28.2 Å². The largest absolute Gasteiger partial charge is 0.314 e. The Bertz CT molecular complexity index is 591. The van der Waals surface area contributed by atoms with Crippen LogP contribution in [0.5, 0.6) is 0 Å². The molecular formula is C17H20BrN3. The van der Waals surface area contributed by atoms with Gasteiger partial charge in [-0.2, -0.15) is 0 Å². The first-order valence-electron chi connectivity index (χ1n) is 7.37. The summed E-state index contributed by atoms with van der Waals surface area (Å²) in [7, 11) is 0. The van der Waals surface area contributed by atoms with E-state index in [2.05, 4.69) is 68.4 Å². The average molecular weight is 346 g/mol. The molecule has 1 saturated heterocycles. The van der Waals surface area contributed by atoms with Gasteiger partial charge in [-0.15, -0.1) is 0 Å². The van der Waals surface area contributed by atoms with E-state index in [4.69, 9.17) is 0 Å². The zero-order valence-corrected chi connectivity index (χ0v) is 13.8. The number of rotatable bonds is 3. The van der Waals surface area contributed by atoms with Crippen molar-refractivity contribution in [2.75, 3.05) is 26.2 Å². The van der Waals surface area contributed by atoms with Gasteiger partial charge in [0.15, 0.2) is 0 Å². The highest BCUT2D eigenvalue weighted by atomic mass is 79.9. The number of benzene rings is 1. The van der Waals surface area contributed by atoms with E-state index in [0.717, 1.165) is 30.7 Å². The molecule has 0 radical (unpaired) electrons. The number of hydrogen-bond donors (Lipinski definition) is 1. The number of nitrogens with one attached hydrogen (secondary N) is 1. The molecule has 2 aromatic rings. The average Bonchev–Trinajstić information content (AvgIpc) is 2.52. The molecule has 1 N–H and O–H groups in total. The van der Waals surface area contributed by atoms with Gasteiger partial charge < -0.3 is 5.32 Å². The molecular weight excluding hydrogens is 326 g/mol. The lowest BCUT2D eigenvalue weighted by Crippen LogP contribution is -2.45. The molecule has 1 aliphatic heterocycles. The van der Waals surface area contributed by atoms with E-state index < -0.39 is 0 Å². The summed E-state index contributed by atoms with van der Waals surface area (Å²) in [6, 6.07) is 13.0. The zero-order valence-electron chi connectivity index (χ0n) is 12.2. The lowest BCUT2D eigenvalue weighted by Gasteiger charge is -2.35. The number of aromatic nitrogens is 1. The molecule has 110 valence electrons. The monoisotopic (exact) mass is 345 g/mol. The molecule has 3 rings (SSSR count). The number of halogens is 1. The molecule has 0 bridgehead atoms. The minimum atomic E-state index is 0.237. The normalized spacial score (nSPS) is 17.6. The molecule has 0 amide bonds. The fourth-order valence-electron chi connectivity index (χ4n) is 2.91. The second-order valence-electron chi connectivity index (χ2n) is 5.45. The molecule has 1 fully saturated rings. The highest BCUT2D eigenvalue weighted by Crippen LogP contribution is 2.30. The van der Waals surface area contributed by atoms with Crippen LogP contribution in [0.25, 0.3) is 0 Å². The minimum absolute atomic E-state index is 0.237. The maximum absolute atomic E-state index is 4.68. The summed E-state index contributed by atoms with van der Waals surface area (Å²) in [5, 5.41) is 3.43. The van der Waals surface area contributed by atoms with E-state index >= 15 is 0 Å². The summed E-state index contributed by atoms with van der Waals surface area (Å²) in [5.74, 6) is 0. The second kappa shape index (κ2) is 6.69. The SMILES string of the molecule is Cc1cccnc1C(c1ccc(Br)cc1)N1CCNCC1. The van der Waals surface area contributed by atoms with Crippen molar-refractivity contribution >= 4 is 15.9 Å². The third kappa shape index (κ3) is 3.34. The molecule has 1 unspecified atom stereocenters. The van der Waals surface area contributed by atoms with Crippen molar-refractivity contribution in [3.05, 3.63) is 63.9 Å². The molecule has 1 aromatic heterocycles. The van der Waals surface area contributed by atoms with Crippen LogP contribution in [0.1, 0.15) is 22.9 Å². The Morgan fingerprint density at radius 1 is 1.14 bits per heavy atom. The Morgan fingerprint density at radius 2 is 1.86 bits per heavy atom. The molecule has 0 spiro atoms. The first kappa shape index (κ1) is 14.7. The van der Waals surface area contributed by atoms with Crippen LogP contribution in [0.3, 0.4) is 0 Å². The highest BCUT2D eigenvalue weighted by molar-refractivity contribution is 9.10. The van der Waals surface area contributed by atoms with E-state index in [0.29, 0.717) is 0 Å². The van der Waals surface area contributed by atoms with E-state index in [-0.39, 0.29) is 6.04 Å². The second-order valence-corrected chi connectivity index (χ2v) is 6.36. The molecule has 4 heteroatoms. The fourth-order valence-corrected chi connectivity index (χ4v) is 3.18. The van der Waals surface area contributed by atoms with Crippen LogP contribution in [0, 0.1) is 6.92 Å². The van der Waals surface area contributed by atoms with E-state index in [1.165, 1.54) is 16.8 Å². The van der Waals surface area contributed by atoms with Crippen molar-refractivity contribution < 1.29 is 0 Å². The summed E-state index contributed by atoms with van der Waals surface area (Å²) >= 11 is 3.52. The first-order valence-corrected chi connectivity index (χ1v) is 8.17. The minimum Gasteiger partial charge on any atom is -0.314 e. The Balaban J connectivity index is 2.01. The first-order chi connectivity index (χ1) is 10.3. The maximum atomic E-state index is 4.68. The molecule has 2 heterocycles. The highest BCUT2D eigenvalue weighted by Gasteiger charge is 2.25. The molecule has 1 aliphatic rings. The van der Waals surface area contributed by atoms with Crippen molar-refractivity contribution in [3.63, 3.8) is 0 Å². The predicted octanol–water partition coefficient (Wildman–Crippen LogP) is 3.15. The number of hydrogen-bond acceptors (Lipinski definition) is 3. The lowest BCUT2D eigenvalue weighted by atomic mass is 9.97. The summed E-state index contributed by atoms with van der Waals surface area (Å²) in [4.78, 5) is 7.20. The molecule has 0 saturated carbocycles. The summed E-state index contributed by atoms with van der Waals surface area (Å²) in [6.45, 7) is 6.34. The van der Waals surface area contributed by atoms with Gasteiger partial charge in [0.25, 0.3) is 0 Å². The third-order valence-electron chi connectivity index (χ3n) is 4.01. The van der Waals surface area contributed by atoms with Gasteiger partial charge in [0.1, 0.15) is 0 Å². The van der Waals surface area contributed by atoms with Crippen LogP contribution in [-0.2, 0) is 0 Å². The van der Waals surface area contributed by atoms with Crippen molar-refractivity contribution in [1.29, 1.82) is 0 Å². The van der Waals surface area contributed by atoms with Gasteiger partial charge in [0, 0.05) is 36.8 Å². The van der Waals surface area contributed by atoms with Crippen LogP contribution in [0.15, 0.2) is 47.1 Å². The van der Waals surface area contributed by atoms with Gasteiger partial charge in [-0.3, -0.25) is 9.88 Å². The van der Waals surface area contributed by atoms with E-state index in [1.54, 1.807) is 0 Å². The smallest absolute Gasteiger partial charge is 0.0780 e. The Labute approximate surface area is 134 Å².